The van der Waals surface area contributed by atoms with Crippen molar-refractivity contribution in [3.05, 3.63) is 28.7 Å². The molecule has 20 heavy (non-hydrogen) atoms. The quantitative estimate of drug-likeness (QED) is 0.711. The molecule has 5 heteroatoms. The molecule has 1 aromatic rings. The SMILES string of the molecule is C=CCN(CCOC)Cc1csc(CNC(C)(C)C)n1. The predicted molar refractivity (Wildman–Crippen MR) is 86.1 cm³/mol. The fourth-order valence-corrected chi connectivity index (χ4v) is 2.44. The Hall–Kier alpha value is -0.750. The maximum Gasteiger partial charge on any atom is 0.107 e. The van der Waals surface area contributed by atoms with Crippen LogP contribution in [0.15, 0.2) is 18.0 Å². The molecule has 0 aromatic carbocycles. The highest BCUT2D eigenvalue weighted by Crippen LogP contribution is 2.13. The minimum atomic E-state index is 0.124. The van der Waals surface area contributed by atoms with Crippen LogP contribution in [0.2, 0.25) is 0 Å². The highest BCUT2D eigenvalue weighted by molar-refractivity contribution is 7.09. The number of methoxy groups -OCH3 is 1. The Labute approximate surface area is 126 Å². The Morgan fingerprint density at radius 2 is 2.25 bits per heavy atom. The predicted octanol–water partition coefficient (Wildman–Crippen LogP) is 2.67. The Morgan fingerprint density at radius 3 is 2.85 bits per heavy atom. The van der Waals surface area contributed by atoms with Crippen molar-refractivity contribution in [3.8, 4) is 0 Å². The summed E-state index contributed by atoms with van der Waals surface area (Å²) in [5.74, 6) is 0. The van der Waals surface area contributed by atoms with Crippen LogP contribution in [-0.4, -0.2) is 42.2 Å². The van der Waals surface area contributed by atoms with Crippen molar-refractivity contribution in [2.45, 2.75) is 39.4 Å². The number of hydrogen-bond acceptors (Lipinski definition) is 5. The molecule has 1 rings (SSSR count). The Morgan fingerprint density at radius 1 is 1.50 bits per heavy atom. The zero-order valence-corrected chi connectivity index (χ0v) is 13.9. The van der Waals surface area contributed by atoms with Gasteiger partial charge in [-0.05, 0) is 20.8 Å². The van der Waals surface area contributed by atoms with Crippen LogP contribution in [0.3, 0.4) is 0 Å². The maximum atomic E-state index is 5.13. The molecule has 0 aliphatic carbocycles. The van der Waals surface area contributed by atoms with Gasteiger partial charge in [0, 0.05) is 44.2 Å². The molecule has 4 nitrogen and oxygen atoms in total. The summed E-state index contributed by atoms with van der Waals surface area (Å²) in [6.45, 7) is 14.5. The number of aromatic nitrogens is 1. The van der Waals surface area contributed by atoms with E-state index in [9.17, 15) is 0 Å². The van der Waals surface area contributed by atoms with Crippen molar-refractivity contribution in [1.29, 1.82) is 0 Å². The van der Waals surface area contributed by atoms with Crippen LogP contribution in [0.5, 0.6) is 0 Å². The number of ether oxygens (including phenoxy) is 1. The third-order valence-corrected chi connectivity index (χ3v) is 3.65. The van der Waals surface area contributed by atoms with Crippen LogP contribution in [0.1, 0.15) is 31.5 Å². The van der Waals surface area contributed by atoms with E-state index in [2.05, 4.69) is 47.9 Å². The van der Waals surface area contributed by atoms with E-state index in [1.54, 1.807) is 18.4 Å². The molecule has 0 atom stereocenters. The lowest BCUT2D eigenvalue weighted by Gasteiger charge is -2.19. The lowest BCUT2D eigenvalue weighted by molar-refractivity contribution is 0.150. The molecule has 1 heterocycles. The molecular weight excluding hydrogens is 270 g/mol. The van der Waals surface area contributed by atoms with Crippen molar-refractivity contribution >= 4 is 11.3 Å². The van der Waals surface area contributed by atoms with Crippen LogP contribution in [0, 0.1) is 0 Å². The third-order valence-electron chi connectivity index (χ3n) is 2.75. The van der Waals surface area contributed by atoms with E-state index in [-0.39, 0.29) is 5.54 Å². The molecule has 0 saturated carbocycles. The average molecular weight is 297 g/mol. The molecule has 0 aliphatic heterocycles. The first-order chi connectivity index (χ1) is 9.44. The van der Waals surface area contributed by atoms with E-state index in [4.69, 9.17) is 4.74 Å². The fourth-order valence-electron chi connectivity index (χ4n) is 1.71. The smallest absolute Gasteiger partial charge is 0.107 e. The molecule has 1 N–H and O–H groups in total. The van der Waals surface area contributed by atoms with Gasteiger partial charge in [0.15, 0.2) is 0 Å². The lowest BCUT2D eigenvalue weighted by Crippen LogP contribution is -2.35. The Bertz CT molecular complexity index is 398. The fraction of sp³-hybridized carbons (Fsp3) is 0.667. The molecule has 0 fully saturated rings. The maximum absolute atomic E-state index is 5.13. The molecule has 0 unspecified atom stereocenters. The van der Waals surface area contributed by atoms with Gasteiger partial charge in [-0.15, -0.1) is 17.9 Å². The van der Waals surface area contributed by atoms with Gasteiger partial charge in [0.05, 0.1) is 12.3 Å². The molecular formula is C15H27N3OS. The first kappa shape index (κ1) is 17.3. The largest absolute Gasteiger partial charge is 0.383 e. The minimum absolute atomic E-state index is 0.124. The average Bonchev–Trinajstić information content (AvgIpc) is 2.81. The van der Waals surface area contributed by atoms with E-state index in [1.165, 1.54) is 0 Å². The van der Waals surface area contributed by atoms with E-state index >= 15 is 0 Å². The monoisotopic (exact) mass is 297 g/mol. The number of hydrogen-bond donors (Lipinski definition) is 1. The second-order valence-corrected chi connectivity index (χ2v) is 6.80. The summed E-state index contributed by atoms with van der Waals surface area (Å²) in [6, 6.07) is 0. The van der Waals surface area contributed by atoms with Crippen LogP contribution in [0.25, 0.3) is 0 Å². The normalized spacial score (nSPS) is 12.1. The lowest BCUT2D eigenvalue weighted by atomic mass is 10.1. The van der Waals surface area contributed by atoms with Crippen LogP contribution < -0.4 is 5.32 Å². The highest BCUT2D eigenvalue weighted by Gasteiger charge is 2.11. The molecule has 0 spiro atoms. The third kappa shape index (κ3) is 7.14. The number of nitrogens with zero attached hydrogens (tertiary/aromatic N) is 2. The van der Waals surface area contributed by atoms with Crippen molar-refractivity contribution in [2.75, 3.05) is 26.8 Å². The summed E-state index contributed by atoms with van der Waals surface area (Å²) >= 11 is 1.72. The summed E-state index contributed by atoms with van der Waals surface area (Å²) in [6.07, 6.45) is 1.92. The first-order valence-electron chi connectivity index (χ1n) is 6.95. The van der Waals surface area contributed by atoms with Crippen LogP contribution >= 0.6 is 11.3 Å². The van der Waals surface area contributed by atoms with E-state index in [0.717, 1.165) is 43.5 Å². The van der Waals surface area contributed by atoms with Gasteiger partial charge < -0.3 is 10.1 Å². The summed E-state index contributed by atoms with van der Waals surface area (Å²) in [4.78, 5) is 6.97. The second-order valence-electron chi connectivity index (χ2n) is 5.85. The van der Waals surface area contributed by atoms with Gasteiger partial charge in [-0.2, -0.15) is 0 Å². The number of thiazole rings is 1. The molecule has 0 bridgehead atoms. The Kier molecular flexibility index (Phi) is 7.37. The van der Waals surface area contributed by atoms with Gasteiger partial charge in [-0.25, -0.2) is 4.98 Å². The van der Waals surface area contributed by atoms with Crippen molar-refractivity contribution in [1.82, 2.24) is 15.2 Å². The Balaban J connectivity index is 2.50. The second kappa shape index (κ2) is 8.52. The summed E-state index contributed by atoms with van der Waals surface area (Å²) in [7, 11) is 1.73. The van der Waals surface area contributed by atoms with Gasteiger partial charge in [-0.3, -0.25) is 4.90 Å². The van der Waals surface area contributed by atoms with Gasteiger partial charge in [0.25, 0.3) is 0 Å². The number of nitrogens with one attached hydrogen (secondary N) is 1. The van der Waals surface area contributed by atoms with Gasteiger partial charge >= 0.3 is 0 Å². The number of rotatable bonds is 9. The van der Waals surface area contributed by atoms with Gasteiger partial charge in [0.2, 0.25) is 0 Å². The van der Waals surface area contributed by atoms with Gasteiger partial charge in [-0.1, -0.05) is 6.08 Å². The van der Waals surface area contributed by atoms with Crippen LogP contribution in [0.4, 0.5) is 0 Å². The topological polar surface area (TPSA) is 37.4 Å². The summed E-state index contributed by atoms with van der Waals surface area (Å²) < 4.78 is 5.13. The molecule has 0 saturated heterocycles. The van der Waals surface area contributed by atoms with Crippen molar-refractivity contribution in [3.63, 3.8) is 0 Å². The van der Waals surface area contributed by atoms with Gasteiger partial charge in [0.1, 0.15) is 5.01 Å². The highest BCUT2D eigenvalue weighted by atomic mass is 32.1. The molecule has 0 radical (unpaired) electrons. The van der Waals surface area contributed by atoms with E-state index in [1.807, 2.05) is 6.08 Å². The van der Waals surface area contributed by atoms with Crippen LogP contribution in [-0.2, 0) is 17.8 Å². The molecule has 1 aromatic heterocycles. The van der Waals surface area contributed by atoms with E-state index < -0.39 is 0 Å². The molecule has 0 aliphatic rings. The van der Waals surface area contributed by atoms with Crippen molar-refractivity contribution in [2.24, 2.45) is 0 Å². The van der Waals surface area contributed by atoms with Crippen molar-refractivity contribution < 1.29 is 4.74 Å². The minimum Gasteiger partial charge on any atom is -0.383 e. The zero-order chi connectivity index (χ0) is 15.0. The first-order valence-corrected chi connectivity index (χ1v) is 7.83. The zero-order valence-electron chi connectivity index (χ0n) is 13.1. The standard InChI is InChI=1S/C15H27N3OS/c1-6-7-18(8-9-19-5)11-13-12-20-14(17-13)10-16-15(2,3)4/h6,12,16H,1,7-11H2,2-5H3. The molecule has 0 amide bonds. The summed E-state index contributed by atoms with van der Waals surface area (Å²) in [5.41, 5.74) is 1.25. The van der Waals surface area contributed by atoms with E-state index in [0.29, 0.717) is 0 Å². The molecule has 114 valence electrons. The summed E-state index contributed by atoms with van der Waals surface area (Å²) in [5, 5.41) is 6.74.